The minimum Gasteiger partial charge on any atom is -0.497 e. The van der Waals surface area contributed by atoms with E-state index in [0.717, 1.165) is 22.3 Å². The Labute approximate surface area is 109 Å². The van der Waals surface area contributed by atoms with Crippen molar-refractivity contribution in [3.63, 3.8) is 0 Å². The molecule has 0 bridgehead atoms. The van der Waals surface area contributed by atoms with Crippen LogP contribution in [0, 0.1) is 0 Å². The Morgan fingerprint density at radius 1 is 1.41 bits per heavy atom. The molecule has 0 aromatic heterocycles. The number of rotatable bonds is 3. The maximum absolute atomic E-state index is 11.8. The molecule has 1 aliphatic heterocycles. The van der Waals surface area contributed by atoms with Crippen LogP contribution in [0.5, 0.6) is 5.75 Å². The number of carbonyl (C=O) groups excluding carboxylic acids is 1. The first-order chi connectivity index (χ1) is 8.17. The van der Waals surface area contributed by atoms with E-state index in [0.29, 0.717) is 6.42 Å². The molecule has 1 amide bonds. The first-order valence-electron chi connectivity index (χ1n) is 5.35. The van der Waals surface area contributed by atoms with Gasteiger partial charge >= 0.3 is 0 Å². The van der Waals surface area contributed by atoms with Gasteiger partial charge in [-0.3, -0.25) is 9.69 Å². The molecule has 2 rings (SSSR count). The zero-order chi connectivity index (χ0) is 12.4. The molecule has 1 fully saturated rings. The minimum absolute atomic E-state index is 0.0858. The van der Waals surface area contributed by atoms with E-state index in [1.54, 1.807) is 19.1 Å². The average Bonchev–Trinajstić information content (AvgIpc) is 2.70. The molecule has 1 aromatic carbocycles. The smallest absolute Gasteiger partial charge is 0.229 e. The van der Waals surface area contributed by atoms with Crippen LogP contribution in [0.3, 0.4) is 0 Å². The Balaban J connectivity index is 2.35. The molecule has 17 heavy (non-hydrogen) atoms. The molecule has 5 heteroatoms. The first-order valence-corrected chi connectivity index (χ1v) is 6.15. The molecule has 1 atom stereocenters. The summed E-state index contributed by atoms with van der Waals surface area (Å²) < 4.78 is 11.3. The number of carbonyl (C=O) groups is 1. The van der Waals surface area contributed by atoms with Gasteiger partial charge in [0.05, 0.1) is 12.8 Å². The number of hydrogen-bond acceptors (Lipinski definition) is 3. The third-order valence-electron chi connectivity index (χ3n) is 2.85. The van der Waals surface area contributed by atoms with E-state index in [1.807, 2.05) is 18.2 Å². The van der Waals surface area contributed by atoms with Crippen molar-refractivity contribution in [1.29, 1.82) is 0 Å². The normalized spacial score (nSPS) is 19.8. The van der Waals surface area contributed by atoms with Gasteiger partial charge in [0.1, 0.15) is 12.0 Å². The Bertz CT molecular complexity index is 436. The summed E-state index contributed by atoms with van der Waals surface area (Å²) in [5, 5.41) is 0. The molecule has 1 aromatic rings. The summed E-state index contributed by atoms with van der Waals surface area (Å²) in [6.45, 7) is 0. The molecular formula is C12H14BrNO3. The number of nitrogens with zero attached hydrogens (tertiary/aromatic N) is 1. The lowest BCUT2D eigenvalue weighted by atomic mass is 10.2. The fraction of sp³-hybridized carbons (Fsp3) is 0.417. The second kappa shape index (κ2) is 5.06. The van der Waals surface area contributed by atoms with Crippen molar-refractivity contribution in [2.24, 2.45) is 0 Å². The Morgan fingerprint density at radius 2 is 2.18 bits per heavy atom. The highest BCUT2D eigenvalue weighted by Crippen LogP contribution is 2.35. The van der Waals surface area contributed by atoms with Gasteiger partial charge in [0, 0.05) is 24.4 Å². The van der Waals surface area contributed by atoms with Gasteiger partial charge in [0.15, 0.2) is 0 Å². The van der Waals surface area contributed by atoms with Gasteiger partial charge in [-0.1, -0.05) is 0 Å². The Morgan fingerprint density at radius 3 is 2.76 bits per heavy atom. The third kappa shape index (κ3) is 2.30. The van der Waals surface area contributed by atoms with Gasteiger partial charge in [-0.25, -0.2) is 0 Å². The summed E-state index contributed by atoms with van der Waals surface area (Å²) in [4.78, 5) is 13.5. The van der Waals surface area contributed by atoms with Crippen molar-refractivity contribution in [2.45, 2.75) is 19.1 Å². The lowest BCUT2D eigenvalue weighted by molar-refractivity contribution is -0.117. The van der Waals surface area contributed by atoms with Crippen LogP contribution in [0.1, 0.15) is 12.8 Å². The van der Waals surface area contributed by atoms with Crippen molar-refractivity contribution >= 4 is 27.5 Å². The average molecular weight is 300 g/mol. The van der Waals surface area contributed by atoms with Gasteiger partial charge in [-0.15, -0.1) is 0 Å². The fourth-order valence-electron chi connectivity index (χ4n) is 1.98. The molecule has 0 spiro atoms. The van der Waals surface area contributed by atoms with Gasteiger partial charge in [-0.2, -0.15) is 0 Å². The SMILES string of the molecule is COc1ccc(N2C(=O)CCC2OC)c(Br)c1. The number of amides is 1. The molecule has 0 radical (unpaired) electrons. The highest BCUT2D eigenvalue weighted by molar-refractivity contribution is 9.10. The Hall–Kier alpha value is -1.07. The molecule has 0 N–H and O–H groups in total. The van der Waals surface area contributed by atoms with Gasteiger partial charge in [0.25, 0.3) is 0 Å². The molecule has 1 heterocycles. The summed E-state index contributed by atoms with van der Waals surface area (Å²) in [7, 11) is 3.23. The second-order valence-corrected chi connectivity index (χ2v) is 4.66. The number of anilines is 1. The van der Waals surface area contributed by atoms with Crippen molar-refractivity contribution in [3.8, 4) is 5.75 Å². The highest BCUT2D eigenvalue weighted by atomic mass is 79.9. The van der Waals surface area contributed by atoms with Crippen LogP contribution in [0.25, 0.3) is 0 Å². The van der Waals surface area contributed by atoms with Crippen LogP contribution in [-0.4, -0.2) is 26.4 Å². The molecular weight excluding hydrogens is 286 g/mol. The summed E-state index contributed by atoms with van der Waals surface area (Å²) in [6.07, 6.45) is 1.08. The lowest BCUT2D eigenvalue weighted by Crippen LogP contribution is -2.34. The molecule has 92 valence electrons. The largest absolute Gasteiger partial charge is 0.497 e. The van der Waals surface area contributed by atoms with Crippen molar-refractivity contribution in [1.82, 2.24) is 0 Å². The van der Waals surface area contributed by atoms with E-state index in [-0.39, 0.29) is 12.1 Å². The van der Waals surface area contributed by atoms with E-state index < -0.39 is 0 Å². The summed E-state index contributed by atoms with van der Waals surface area (Å²) in [6, 6.07) is 5.53. The van der Waals surface area contributed by atoms with Crippen molar-refractivity contribution in [2.75, 3.05) is 19.1 Å². The zero-order valence-corrected chi connectivity index (χ0v) is 11.4. The van der Waals surface area contributed by atoms with Crippen LogP contribution in [0.15, 0.2) is 22.7 Å². The van der Waals surface area contributed by atoms with Gasteiger partial charge in [0.2, 0.25) is 5.91 Å². The molecule has 0 aliphatic carbocycles. The molecule has 1 aliphatic rings. The van der Waals surface area contributed by atoms with E-state index in [9.17, 15) is 4.79 Å². The topological polar surface area (TPSA) is 38.8 Å². The molecule has 0 saturated carbocycles. The van der Waals surface area contributed by atoms with Crippen LogP contribution >= 0.6 is 15.9 Å². The maximum Gasteiger partial charge on any atom is 0.229 e. The van der Waals surface area contributed by atoms with E-state index in [2.05, 4.69) is 15.9 Å². The number of methoxy groups -OCH3 is 2. The van der Waals surface area contributed by atoms with Crippen molar-refractivity contribution in [3.05, 3.63) is 22.7 Å². The number of hydrogen-bond donors (Lipinski definition) is 0. The van der Waals surface area contributed by atoms with Gasteiger partial charge in [-0.05, 0) is 34.1 Å². The van der Waals surface area contributed by atoms with E-state index in [1.165, 1.54) is 0 Å². The van der Waals surface area contributed by atoms with Gasteiger partial charge < -0.3 is 9.47 Å². The quantitative estimate of drug-likeness (QED) is 0.861. The molecule has 1 unspecified atom stereocenters. The molecule has 1 saturated heterocycles. The fourth-order valence-corrected chi connectivity index (χ4v) is 2.53. The summed E-state index contributed by atoms with van der Waals surface area (Å²) in [5.74, 6) is 0.837. The van der Waals surface area contributed by atoms with Crippen LogP contribution < -0.4 is 9.64 Å². The third-order valence-corrected chi connectivity index (χ3v) is 3.48. The number of benzene rings is 1. The van der Waals surface area contributed by atoms with Crippen molar-refractivity contribution < 1.29 is 14.3 Å². The van der Waals surface area contributed by atoms with E-state index in [4.69, 9.17) is 9.47 Å². The predicted octanol–water partition coefficient (Wildman–Crippen LogP) is 2.56. The minimum atomic E-state index is -0.174. The number of ether oxygens (including phenoxy) is 2. The summed E-state index contributed by atoms with van der Waals surface area (Å²) in [5.41, 5.74) is 0.820. The lowest BCUT2D eigenvalue weighted by Gasteiger charge is -2.24. The highest BCUT2D eigenvalue weighted by Gasteiger charge is 2.33. The molecule has 4 nitrogen and oxygen atoms in total. The Kier molecular flexibility index (Phi) is 3.69. The van der Waals surface area contributed by atoms with Crippen LogP contribution in [0.4, 0.5) is 5.69 Å². The van der Waals surface area contributed by atoms with Crippen LogP contribution in [0.2, 0.25) is 0 Å². The van der Waals surface area contributed by atoms with Crippen LogP contribution in [-0.2, 0) is 9.53 Å². The maximum atomic E-state index is 11.8. The summed E-state index contributed by atoms with van der Waals surface area (Å²) >= 11 is 3.45. The first kappa shape index (κ1) is 12.4. The zero-order valence-electron chi connectivity index (χ0n) is 9.77. The standard InChI is InChI=1S/C12H14BrNO3/c1-16-8-3-4-10(9(13)7-8)14-11(15)5-6-12(14)17-2/h3-4,7,12H,5-6H2,1-2H3. The number of halogens is 1. The second-order valence-electron chi connectivity index (χ2n) is 3.81. The predicted molar refractivity (Wildman–Crippen MR) is 68.2 cm³/mol. The monoisotopic (exact) mass is 299 g/mol. The van der Waals surface area contributed by atoms with E-state index >= 15 is 0 Å².